The minimum Gasteiger partial charge on any atom is -0.322 e. The normalized spacial score (nSPS) is 13.3. The van der Waals surface area contributed by atoms with E-state index in [1.54, 1.807) is 4.68 Å². The molecule has 1 amide bonds. The molecule has 0 spiro atoms. The van der Waals surface area contributed by atoms with Gasteiger partial charge in [0.2, 0.25) is 0 Å². The summed E-state index contributed by atoms with van der Waals surface area (Å²) >= 11 is 0. The van der Waals surface area contributed by atoms with E-state index in [4.69, 9.17) is 0 Å². The van der Waals surface area contributed by atoms with Crippen LogP contribution in [0.3, 0.4) is 0 Å². The Morgan fingerprint density at radius 2 is 1.85 bits per heavy atom. The van der Waals surface area contributed by atoms with Gasteiger partial charge in [-0.3, -0.25) is 4.79 Å². The third kappa shape index (κ3) is 3.10. The van der Waals surface area contributed by atoms with Crippen LogP contribution in [0.15, 0.2) is 36.4 Å². The van der Waals surface area contributed by atoms with E-state index in [2.05, 4.69) is 26.9 Å². The van der Waals surface area contributed by atoms with E-state index in [1.165, 1.54) is 24.0 Å². The molecule has 6 nitrogen and oxygen atoms in total. The Kier molecular flexibility index (Phi) is 4.24. The minimum absolute atomic E-state index is 0.0957. The van der Waals surface area contributed by atoms with Gasteiger partial charge in [-0.1, -0.05) is 12.1 Å². The standard InChI is InChI=1S/C20H21N5O/c1-13-7-10-18(12-19(13)25-14(2)22-23-24-25)21-20(26)17-9-8-15-5-3-4-6-16(15)11-17/h7-12H,3-6H2,1-2H3,(H,21,26). The Balaban J connectivity index is 1.59. The molecule has 1 N–H and O–H groups in total. The maximum Gasteiger partial charge on any atom is 0.255 e. The first-order valence-corrected chi connectivity index (χ1v) is 8.91. The third-order valence-corrected chi connectivity index (χ3v) is 4.93. The van der Waals surface area contributed by atoms with Crippen molar-refractivity contribution in [3.8, 4) is 5.69 Å². The molecule has 4 rings (SSSR count). The van der Waals surface area contributed by atoms with Crippen LogP contribution >= 0.6 is 0 Å². The van der Waals surface area contributed by atoms with Crippen molar-refractivity contribution >= 4 is 11.6 Å². The van der Waals surface area contributed by atoms with E-state index in [0.717, 1.165) is 29.8 Å². The molecule has 132 valence electrons. The summed E-state index contributed by atoms with van der Waals surface area (Å²) in [6.45, 7) is 3.84. The molecule has 3 aromatic rings. The van der Waals surface area contributed by atoms with Crippen LogP contribution in [0.25, 0.3) is 5.69 Å². The first-order chi connectivity index (χ1) is 12.6. The van der Waals surface area contributed by atoms with Gasteiger partial charge in [0, 0.05) is 11.3 Å². The number of fused-ring (bicyclic) bond motifs is 1. The van der Waals surface area contributed by atoms with Crippen molar-refractivity contribution < 1.29 is 4.79 Å². The van der Waals surface area contributed by atoms with Crippen molar-refractivity contribution in [3.63, 3.8) is 0 Å². The molecule has 0 atom stereocenters. The number of carbonyl (C=O) groups excluding carboxylic acids is 1. The van der Waals surface area contributed by atoms with Crippen LogP contribution < -0.4 is 5.32 Å². The van der Waals surface area contributed by atoms with Gasteiger partial charge in [0.05, 0.1) is 5.69 Å². The SMILES string of the molecule is Cc1ccc(NC(=O)c2ccc3c(c2)CCCC3)cc1-n1nnnc1C. The lowest BCUT2D eigenvalue weighted by atomic mass is 9.90. The van der Waals surface area contributed by atoms with Gasteiger partial charge in [-0.15, -0.1) is 5.10 Å². The van der Waals surface area contributed by atoms with Crippen LogP contribution in [0.4, 0.5) is 5.69 Å². The van der Waals surface area contributed by atoms with E-state index < -0.39 is 0 Å². The number of aryl methyl sites for hydroxylation is 4. The highest BCUT2D eigenvalue weighted by molar-refractivity contribution is 6.04. The van der Waals surface area contributed by atoms with Crippen molar-refractivity contribution in [3.05, 3.63) is 64.5 Å². The van der Waals surface area contributed by atoms with Crippen molar-refractivity contribution in [2.75, 3.05) is 5.32 Å². The second kappa shape index (κ2) is 6.71. The molecule has 0 bridgehead atoms. The second-order valence-corrected chi connectivity index (χ2v) is 6.78. The number of hydrogen-bond donors (Lipinski definition) is 1. The fraction of sp³-hybridized carbons (Fsp3) is 0.300. The Morgan fingerprint density at radius 3 is 2.62 bits per heavy atom. The average molecular weight is 347 g/mol. The fourth-order valence-electron chi connectivity index (χ4n) is 3.45. The summed E-state index contributed by atoms with van der Waals surface area (Å²) in [4.78, 5) is 12.7. The van der Waals surface area contributed by atoms with Gasteiger partial charge in [0.25, 0.3) is 5.91 Å². The zero-order valence-corrected chi connectivity index (χ0v) is 15.0. The molecule has 1 aromatic heterocycles. The van der Waals surface area contributed by atoms with Crippen LogP contribution in [0.5, 0.6) is 0 Å². The molecule has 0 aliphatic heterocycles. The van der Waals surface area contributed by atoms with E-state index >= 15 is 0 Å². The topological polar surface area (TPSA) is 72.7 Å². The summed E-state index contributed by atoms with van der Waals surface area (Å²) in [5.41, 5.74) is 6.00. The summed E-state index contributed by atoms with van der Waals surface area (Å²) in [5, 5.41) is 14.6. The number of carbonyl (C=O) groups is 1. The van der Waals surface area contributed by atoms with Crippen LogP contribution in [0.2, 0.25) is 0 Å². The summed E-state index contributed by atoms with van der Waals surface area (Å²) in [5.74, 6) is 0.605. The zero-order chi connectivity index (χ0) is 18.1. The molecular formula is C20H21N5O. The second-order valence-electron chi connectivity index (χ2n) is 6.78. The number of hydrogen-bond acceptors (Lipinski definition) is 4. The monoisotopic (exact) mass is 347 g/mol. The average Bonchev–Trinajstić information content (AvgIpc) is 3.08. The first kappa shape index (κ1) is 16.4. The molecule has 6 heteroatoms. The van der Waals surface area contributed by atoms with E-state index in [-0.39, 0.29) is 5.91 Å². The lowest BCUT2D eigenvalue weighted by Gasteiger charge is -2.16. The molecule has 1 aliphatic carbocycles. The van der Waals surface area contributed by atoms with Crippen LogP contribution in [-0.4, -0.2) is 26.1 Å². The van der Waals surface area contributed by atoms with Gasteiger partial charge in [0.1, 0.15) is 0 Å². The van der Waals surface area contributed by atoms with Gasteiger partial charge in [0.15, 0.2) is 5.82 Å². The third-order valence-electron chi connectivity index (χ3n) is 4.93. The van der Waals surface area contributed by atoms with Crippen molar-refractivity contribution in [1.82, 2.24) is 20.2 Å². The molecule has 0 saturated heterocycles. The van der Waals surface area contributed by atoms with E-state index in [0.29, 0.717) is 11.4 Å². The summed E-state index contributed by atoms with van der Waals surface area (Å²) in [7, 11) is 0. The highest BCUT2D eigenvalue weighted by Crippen LogP contribution is 2.24. The van der Waals surface area contributed by atoms with Gasteiger partial charge in [-0.05, 0) is 90.9 Å². The van der Waals surface area contributed by atoms with Gasteiger partial charge in [-0.2, -0.15) is 4.68 Å². The largest absolute Gasteiger partial charge is 0.322 e. The lowest BCUT2D eigenvalue weighted by Crippen LogP contribution is -2.14. The molecular weight excluding hydrogens is 326 g/mol. The number of nitrogens with one attached hydrogen (secondary N) is 1. The molecule has 26 heavy (non-hydrogen) atoms. The number of anilines is 1. The Morgan fingerprint density at radius 1 is 1.04 bits per heavy atom. The molecule has 0 fully saturated rings. The first-order valence-electron chi connectivity index (χ1n) is 8.91. The maximum atomic E-state index is 12.7. The van der Waals surface area contributed by atoms with Crippen LogP contribution in [0.1, 0.15) is 45.7 Å². The molecule has 2 aromatic carbocycles. The molecule has 1 heterocycles. The Hall–Kier alpha value is -3.02. The minimum atomic E-state index is -0.0957. The zero-order valence-electron chi connectivity index (χ0n) is 15.0. The number of tetrazole rings is 1. The predicted octanol–water partition coefficient (Wildman–Crippen LogP) is 3.41. The Labute approximate surface area is 152 Å². The summed E-state index contributed by atoms with van der Waals surface area (Å²) in [6.07, 6.45) is 4.61. The highest BCUT2D eigenvalue weighted by atomic mass is 16.1. The number of aromatic nitrogens is 4. The van der Waals surface area contributed by atoms with Gasteiger partial charge in [-0.25, -0.2) is 0 Å². The van der Waals surface area contributed by atoms with Crippen molar-refractivity contribution in [1.29, 1.82) is 0 Å². The van der Waals surface area contributed by atoms with Crippen LogP contribution in [0, 0.1) is 13.8 Å². The molecule has 1 aliphatic rings. The number of nitrogens with zero attached hydrogens (tertiary/aromatic N) is 4. The van der Waals surface area contributed by atoms with Crippen molar-refractivity contribution in [2.24, 2.45) is 0 Å². The highest BCUT2D eigenvalue weighted by Gasteiger charge is 2.14. The molecule has 0 radical (unpaired) electrons. The fourth-order valence-corrected chi connectivity index (χ4v) is 3.45. The summed E-state index contributed by atoms with van der Waals surface area (Å²) < 4.78 is 1.67. The summed E-state index contributed by atoms with van der Waals surface area (Å²) in [6, 6.07) is 11.8. The lowest BCUT2D eigenvalue weighted by molar-refractivity contribution is 0.102. The smallest absolute Gasteiger partial charge is 0.255 e. The number of benzene rings is 2. The molecule has 0 unspecified atom stereocenters. The van der Waals surface area contributed by atoms with Gasteiger partial charge < -0.3 is 5.32 Å². The quantitative estimate of drug-likeness (QED) is 0.788. The van der Waals surface area contributed by atoms with E-state index in [1.807, 2.05) is 44.2 Å². The van der Waals surface area contributed by atoms with Crippen molar-refractivity contribution in [2.45, 2.75) is 39.5 Å². The number of amides is 1. The van der Waals surface area contributed by atoms with Crippen LogP contribution in [-0.2, 0) is 12.8 Å². The predicted molar refractivity (Wildman–Crippen MR) is 99.7 cm³/mol. The Bertz CT molecular complexity index is 976. The number of rotatable bonds is 3. The molecule has 0 saturated carbocycles. The van der Waals surface area contributed by atoms with Gasteiger partial charge >= 0.3 is 0 Å². The maximum absolute atomic E-state index is 12.7. The van der Waals surface area contributed by atoms with E-state index in [9.17, 15) is 4.79 Å².